The highest BCUT2D eigenvalue weighted by atomic mass is 127. The molecule has 1 aromatic rings. The molecule has 2 rings (SSSR count). The van der Waals surface area contributed by atoms with Crippen LogP contribution in [0.3, 0.4) is 0 Å². The first-order valence-electron chi connectivity index (χ1n) is 7.20. The second-order valence-electron chi connectivity index (χ2n) is 4.78. The van der Waals surface area contributed by atoms with Crippen LogP contribution in [-0.4, -0.2) is 45.2 Å². The first-order chi connectivity index (χ1) is 10.3. The fraction of sp³-hybridized carbons (Fsp3) is 0.467. The van der Waals surface area contributed by atoms with Crippen LogP contribution in [0.15, 0.2) is 29.3 Å². The normalized spacial score (nSPS) is 13.2. The average Bonchev–Trinajstić information content (AvgIpc) is 2.54. The summed E-state index contributed by atoms with van der Waals surface area (Å²) in [7, 11) is 1.65. The lowest BCUT2D eigenvalue weighted by atomic mass is 10.1. The molecular formula is C15H23IN4O2. The van der Waals surface area contributed by atoms with Crippen molar-refractivity contribution in [1.29, 1.82) is 0 Å². The second kappa shape index (κ2) is 10.3. The van der Waals surface area contributed by atoms with Crippen LogP contribution in [0, 0.1) is 0 Å². The number of hydrogen-bond donors (Lipinski definition) is 3. The maximum absolute atomic E-state index is 11.7. The van der Waals surface area contributed by atoms with Crippen molar-refractivity contribution in [2.45, 2.75) is 12.8 Å². The lowest BCUT2D eigenvalue weighted by Gasteiger charge is -2.15. The highest BCUT2D eigenvalue weighted by Crippen LogP contribution is 2.17. The Morgan fingerprint density at radius 1 is 1.41 bits per heavy atom. The lowest BCUT2D eigenvalue weighted by molar-refractivity contribution is -0.119. The number of benzene rings is 1. The van der Waals surface area contributed by atoms with Crippen LogP contribution >= 0.6 is 24.0 Å². The number of nitrogens with one attached hydrogen (secondary N) is 3. The minimum absolute atomic E-state index is 0. The number of hydrogen-bond acceptors (Lipinski definition) is 5. The van der Waals surface area contributed by atoms with E-state index in [-0.39, 0.29) is 36.4 Å². The van der Waals surface area contributed by atoms with Crippen molar-refractivity contribution < 1.29 is 9.53 Å². The van der Waals surface area contributed by atoms with Crippen LogP contribution in [0.5, 0.6) is 5.75 Å². The number of aliphatic imine (C=N–C) groups is 1. The Hall–Kier alpha value is -1.51. The minimum Gasteiger partial charge on any atom is -0.496 e. The van der Waals surface area contributed by atoms with Gasteiger partial charge in [-0.2, -0.15) is 0 Å². The van der Waals surface area contributed by atoms with Gasteiger partial charge in [-0.3, -0.25) is 9.79 Å². The van der Waals surface area contributed by atoms with E-state index in [1.165, 1.54) is 0 Å². The van der Waals surface area contributed by atoms with E-state index in [1.807, 2.05) is 24.3 Å². The molecule has 6 nitrogen and oxygen atoms in total. The summed E-state index contributed by atoms with van der Waals surface area (Å²) in [4.78, 5) is 16.0. The number of nitrogens with zero attached hydrogens (tertiary/aromatic N) is 1. The van der Waals surface area contributed by atoms with Gasteiger partial charge >= 0.3 is 0 Å². The molecule has 7 heteroatoms. The third-order valence-corrected chi connectivity index (χ3v) is 3.22. The molecule has 1 aliphatic heterocycles. The molecule has 122 valence electrons. The van der Waals surface area contributed by atoms with E-state index in [2.05, 4.69) is 20.9 Å². The third kappa shape index (κ3) is 6.08. The number of methoxy groups -OCH3 is 1. The molecule has 0 radical (unpaired) electrons. The maximum Gasteiger partial charge on any atom is 0.239 e. The van der Waals surface area contributed by atoms with Crippen LogP contribution < -0.4 is 20.7 Å². The molecule has 0 saturated carbocycles. The van der Waals surface area contributed by atoms with Crippen LogP contribution in [0.4, 0.5) is 0 Å². The van der Waals surface area contributed by atoms with Gasteiger partial charge in [0.15, 0.2) is 5.96 Å². The van der Waals surface area contributed by atoms with Gasteiger partial charge in [0, 0.05) is 19.6 Å². The van der Waals surface area contributed by atoms with Gasteiger partial charge < -0.3 is 20.7 Å². The van der Waals surface area contributed by atoms with Gasteiger partial charge in [0.25, 0.3) is 0 Å². The van der Waals surface area contributed by atoms with E-state index in [0.717, 1.165) is 37.2 Å². The highest BCUT2D eigenvalue weighted by Gasteiger charge is 2.07. The van der Waals surface area contributed by atoms with Crippen LogP contribution in [0.25, 0.3) is 0 Å². The SMILES string of the molecule is COc1ccccc1CCNC(=O)CNC1=NCCCN1.I. The molecule has 0 saturated heterocycles. The van der Waals surface area contributed by atoms with E-state index < -0.39 is 0 Å². The van der Waals surface area contributed by atoms with Gasteiger partial charge in [-0.1, -0.05) is 18.2 Å². The topological polar surface area (TPSA) is 74.8 Å². The molecule has 1 amide bonds. The summed E-state index contributed by atoms with van der Waals surface area (Å²) in [6.07, 6.45) is 1.78. The summed E-state index contributed by atoms with van der Waals surface area (Å²) >= 11 is 0. The predicted molar refractivity (Wildman–Crippen MR) is 98.0 cm³/mol. The molecular weight excluding hydrogens is 395 g/mol. The van der Waals surface area contributed by atoms with Crippen molar-refractivity contribution in [1.82, 2.24) is 16.0 Å². The molecule has 0 aliphatic carbocycles. The van der Waals surface area contributed by atoms with Gasteiger partial charge in [-0.15, -0.1) is 24.0 Å². The van der Waals surface area contributed by atoms with Crippen molar-refractivity contribution in [3.05, 3.63) is 29.8 Å². The summed E-state index contributed by atoms with van der Waals surface area (Å²) < 4.78 is 5.28. The molecule has 0 bridgehead atoms. The molecule has 0 unspecified atom stereocenters. The smallest absolute Gasteiger partial charge is 0.239 e. The summed E-state index contributed by atoms with van der Waals surface area (Å²) in [5.74, 6) is 1.52. The Labute approximate surface area is 148 Å². The summed E-state index contributed by atoms with van der Waals surface area (Å²) in [5.41, 5.74) is 1.09. The molecule has 0 aromatic heterocycles. The van der Waals surface area contributed by atoms with Crippen LogP contribution in [0.1, 0.15) is 12.0 Å². The number of halogens is 1. The van der Waals surface area contributed by atoms with E-state index in [0.29, 0.717) is 12.5 Å². The zero-order valence-electron chi connectivity index (χ0n) is 12.7. The number of amides is 1. The molecule has 1 aromatic carbocycles. The zero-order valence-corrected chi connectivity index (χ0v) is 15.1. The first-order valence-corrected chi connectivity index (χ1v) is 7.20. The number of guanidine groups is 1. The number of carbonyl (C=O) groups excluding carboxylic acids is 1. The fourth-order valence-corrected chi connectivity index (χ4v) is 2.12. The number of carbonyl (C=O) groups is 1. The van der Waals surface area contributed by atoms with Crippen LogP contribution in [-0.2, 0) is 11.2 Å². The van der Waals surface area contributed by atoms with Gasteiger partial charge in [0.2, 0.25) is 5.91 Å². The fourth-order valence-electron chi connectivity index (χ4n) is 2.12. The van der Waals surface area contributed by atoms with Crippen molar-refractivity contribution in [3.63, 3.8) is 0 Å². The Kier molecular flexibility index (Phi) is 8.64. The van der Waals surface area contributed by atoms with E-state index in [1.54, 1.807) is 7.11 Å². The Morgan fingerprint density at radius 3 is 2.95 bits per heavy atom. The van der Waals surface area contributed by atoms with Gasteiger partial charge in [0.1, 0.15) is 5.75 Å². The van der Waals surface area contributed by atoms with Crippen molar-refractivity contribution in [2.24, 2.45) is 4.99 Å². The van der Waals surface area contributed by atoms with Gasteiger partial charge in [-0.05, 0) is 24.5 Å². The third-order valence-electron chi connectivity index (χ3n) is 3.22. The number of ether oxygens (including phenoxy) is 1. The quantitative estimate of drug-likeness (QED) is 0.601. The van der Waals surface area contributed by atoms with E-state index >= 15 is 0 Å². The van der Waals surface area contributed by atoms with Crippen molar-refractivity contribution in [2.75, 3.05) is 33.3 Å². The minimum atomic E-state index is -0.0417. The van der Waals surface area contributed by atoms with Crippen molar-refractivity contribution in [3.8, 4) is 5.75 Å². The molecule has 0 fully saturated rings. The molecule has 0 atom stereocenters. The number of para-hydroxylation sites is 1. The Balaban J connectivity index is 0.00000242. The Morgan fingerprint density at radius 2 is 2.23 bits per heavy atom. The lowest BCUT2D eigenvalue weighted by Crippen LogP contribution is -2.45. The predicted octanol–water partition coefficient (Wildman–Crippen LogP) is 0.911. The maximum atomic E-state index is 11.7. The molecule has 0 spiro atoms. The summed E-state index contributed by atoms with van der Waals surface area (Å²) in [5, 5.41) is 8.99. The van der Waals surface area contributed by atoms with Gasteiger partial charge in [0.05, 0.1) is 13.7 Å². The van der Waals surface area contributed by atoms with Crippen molar-refractivity contribution >= 4 is 35.8 Å². The molecule has 3 N–H and O–H groups in total. The van der Waals surface area contributed by atoms with E-state index in [9.17, 15) is 4.79 Å². The van der Waals surface area contributed by atoms with Gasteiger partial charge in [-0.25, -0.2) is 0 Å². The monoisotopic (exact) mass is 418 g/mol. The second-order valence-corrected chi connectivity index (χ2v) is 4.78. The first kappa shape index (κ1) is 18.5. The van der Waals surface area contributed by atoms with Crippen LogP contribution in [0.2, 0.25) is 0 Å². The molecule has 22 heavy (non-hydrogen) atoms. The average molecular weight is 418 g/mol. The Bertz CT molecular complexity index is 508. The summed E-state index contributed by atoms with van der Waals surface area (Å²) in [6, 6.07) is 7.83. The van der Waals surface area contributed by atoms with E-state index in [4.69, 9.17) is 4.74 Å². The largest absolute Gasteiger partial charge is 0.496 e. The highest BCUT2D eigenvalue weighted by molar-refractivity contribution is 14.0. The molecule has 1 heterocycles. The zero-order chi connectivity index (χ0) is 14.9. The number of rotatable bonds is 6. The molecule has 1 aliphatic rings. The summed E-state index contributed by atoms with van der Waals surface area (Å²) in [6.45, 7) is 2.53. The standard InChI is InChI=1S/C15H22N4O2.HI/c1-21-13-6-3-2-5-12(13)7-10-16-14(20)11-19-15-17-8-4-9-18-15;/h2-3,5-6H,4,7-11H2,1H3,(H,16,20)(H2,17,18,19);1H.